The van der Waals surface area contributed by atoms with Crippen LogP contribution in [0.2, 0.25) is 0 Å². The number of rotatable bonds is 4. The van der Waals surface area contributed by atoms with E-state index in [0.29, 0.717) is 0 Å². The first-order valence-electron chi connectivity index (χ1n) is 6.19. The largest absolute Gasteiger partial charge is 0.330 e. The second-order valence-corrected chi connectivity index (χ2v) is 4.78. The SMILES string of the molecule is Cn1ccc(CN2CCC(CCN)CC2)n1. The average molecular weight is 222 g/mol. The summed E-state index contributed by atoms with van der Waals surface area (Å²) in [5.41, 5.74) is 6.77. The van der Waals surface area contributed by atoms with E-state index in [2.05, 4.69) is 16.1 Å². The van der Waals surface area contributed by atoms with Crippen molar-refractivity contribution in [1.29, 1.82) is 0 Å². The average Bonchev–Trinajstić information content (AvgIpc) is 2.67. The molecule has 1 fully saturated rings. The predicted octanol–water partition coefficient (Wildman–Crippen LogP) is 0.981. The van der Waals surface area contributed by atoms with E-state index in [9.17, 15) is 0 Å². The Hall–Kier alpha value is -0.870. The van der Waals surface area contributed by atoms with Gasteiger partial charge in [0.15, 0.2) is 0 Å². The van der Waals surface area contributed by atoms with Crippen molar-refractivity contribution in [2.75, 3.05) is 19.6 Å². The third-order valence-electron chi connectivity index (χ3n) is 3.44. The van der Waals surface area contributed by atoms with Gasteiger partial charge in [0.25, 0.3) is 0 Å². The lowest BCUT2D eigenvalue weighted by Gasteiger charge is -2.31. The van der Waals surface area contributed by atoms with E-state index >= 15 is 0 Å². The fourth-order valence-electron chi connectivity index (χ4n) is 2.45. The van der Waals surface area contributed by atoms with Gasteiger partial charge in [0.05, 0.1) is 5.69 Å². The Bertz CT molecular complexity index is 313. The van der Waals surface area contributed by atoms with Gasteiger partial charge in [0.1, 0.15) is 0 Å². The first-order valence-corrected chi connectivity index (χ1v) is 6.19. The number of likely N-dealkylation sites (tertiary alicyclic amines) is 1. The molecular formula is C12H22N4. The Labute approximate surface area is 97.4 Å². The minimum atomic E-state index is 0.838. The molecule has 0 spiro atoms. The van der Waals surface area contributed by atoms with Gasteiger partial charge < -0.3 is 5.73 Å². The molecule has 0 amide bonds. The number of piperidine rings is 1. The summed E-state index contributed by atoms with van der Waals surface area (Å²) in [6.07, 6.45) is 5.79. The summed E-state index contributed by atoms with van der Waals surface area (Å²) in [5, 5.41) is 4.42. The Morgan fingerprint density at radius 3 is 2.75 bits per heavy atom. The molecule has 1 aliphatic heterocycles. The first-order chi connectivity index (χ1) is 7.78. The van der Waals surface area contributed by atoms with Gasteiger partial charge >= 0.3 is 0 Å². The fourth-order valence-corrected chi connectivity index (χ4v) is 2.45. The molecule has 4 nitrogen and oxygen atoms in total. The summed E-state index contributed by atoms with van der Waals surface area (Å²) >= 11 is 0. The van der Waals surface area contributed by atoms with Crippen LogP contribution in [0.15, 0.2) is 12.3 Å². The van der Waals surface area contributed by atoms with Crippen LogP contribution in [0.4, 0.5) is 0 Å². The molecule has 2 rings (SSSR count). The molecule has 2 heterocycles. The zero-order chi connectivity index (χ0) is 11.4. The van der Waals surface area contributed by atoms with Gasteiger partial charge in [0.2, 0.25) is 0 Å². The smallest absolute Gasteiger partial charge is 0.0764 e. The summed E-state index contributed by atoms with van der Waals surface area (Å²) in [6.45, 7) is 4.23. The molecule has 0 bridgehead atoms. The van der Waals surface area contributed by atoms with Gasteiger partial charge in [-0.3, -0.25) is 9.58 Å². The first kappa shape index (κ1) is 11.6. The molecule has 0 atom stereocenters. The third-order valence-corrected chi connectivity index (χ3v) is 3.44. The number of nitrogens with zero attached hydrogens (tertiary/aromatic N) is 3. The van der Waals surface area contributed by atoms with Crippen molar-refractivity contribution in [3.63, 3.8) is 0 Å². The van der Waals surface area contributed by atoms with E-state index in [1.165, 1.54) is 38.0 Å². The summed E-state index contributed by atoms with van der Waals surface area (Å²) < 4.78 is 1.87. The molecule has 1 aromatic rings. The van der Waals surface area contributed by atoms with Crippen molar-refractivity contribution in [3.05, 3.63) is 18.0 Å². The number of aryl methyl sites for hydroxylation is 1. The monoisotopic (exact) mass is 222 g/mol. The number of nitrogens with two attached hydrogens (primary N) is 1. The van der Waals surface area contributed by atoms with Gasteiger partial charge in [-0.15, -0.1) is 0 Å². The topological polar surface area (TPSA) is 47.1 Å². The third kappa shape index (κ3) is 3.06. The van der Waals surface area contributed by atoms with Crippen LogP contribution in [-0.2, 0) is 13.6 Å². The van der Waals surface area contributed by atoms with Crippen LogP contribution in [0.5, 0.6) is 0 Å². The molecule has 0 aromatic carbocycles. The second-order valence-electron chi connectivity index (χ2n) is 4.78. The van der Waals surface area contributed by atoms with Gasteiger partial charge in [-0.1, -0.05) is 0 Å². The summed E-state index contributed by atoms with van der Waals surface area (Å²) in [7, 11) is 1.97. The highest BCUT2D eigenvalue weighted by Crippen LogP contribution is 2.20. The Morgan fingerprint density at radius 2 is 2.19 bits per heavy atom. The van der Waals surface area contributed by atoms with E-state index in [0.717, 1.165) is 19.0 Å². The molecule has 2 N–H and O–H groups in total. The lowest BCUT2D eigenvalue weighted by atomic mass is 9.93. The van der Waals surface area contributed by atoms with Crippen LogP contribution in [0.25, 0.3) is 0 Å². The van der Waals surface area contributed by atoms with E-state index in [-0.39, 0.29) is 0 Å². The van der Waals surface area contributed by atoms with Crippen molar-refractivity contribution < 1.29 is 0 Å². The zero-order valence-electron chi connectivity index (χ0n) is 10.1. The van der Waals surface area contributed by atoms with Crippen LogP contribution in [0.1, 0.15) is 25.0 Å². The molecule has 1 aliphatic rings. The van der Waals surface area contributed by atoms with Gasteiger partial charge in [-0.2, -0.15) is 5.10 Å². The number of aromatic nitrogens is 2. The van der Waals surface area contributed by atoms with E-state index in [4.69, 9.17) is 5.73 Å². The van der Waals surface area contributed by atoms with E-state index in [1.54, 1.807) is 0 Å². The van der Waals surface area contributed by atoms with E-state index < -0.39 is 0 Å². The van der Waals surface area contributed by atoms with Crippen LogP contribution >= 0.6 is 0 Å². The molecule has 1 aromatic heterocycles. The minimum absolute atomic E-state index is 0.838. The standard InChI is InChI=1S/C12H22N4/c1-15-7-5-12(14-15)10-16-8-3-11(2-6-13)4-9-16/h5,7,11H,2-4,6,8-10,13H2,1H3. The minimum Gasteiger partial charge on any atom is -0.330 e. The molecule has 0 saturated carbocycles. The van der Waals surface area contributed by atoms with Crippen molar-refractivity contribution in [1.82, 2.24) is 14.7 Å². The van der Waals surface area contributed by atoms with Crippen LogP contribution in [0, 0.1) is 5.92 Å². The Morgan fingerprint density at radius 1 is 1.44 bits per heavy atom. The molecule has 0 aliphatic carbocycles. The highest BCUT2D eigenvalue weighted by atomic mass is 15.3. The van der Waals surface area contributed by atoms with Crippen molar-refractivity contribution in [3.8, 4) is 0 Å². The fraction of sp³-hybridized carbons (Fsp3) is 0.750. The lowest BCUT2D eigenvalue weighted by molar-refractivity contribution is 0.171. The molecular weight excluding hydrogens is 200 g/mol. The van der Waals surface area contributed by atoms with Gasteiger partial charge in [0, 0.05) is 19.8 Å². The highest BCUT2D eigenvalue weighted by Gasteiger charge is 2.18. The van der Waals surface area contributed by atoms with Gasteiger partial charge in [-0.05, 0) is 50.9 Å². The quantitative estimate of drug-likeness (QED) is 0.826. The normalized spacial score (nSPS) is 19.1. The molecule has 0 unspecified atom stereocenters. The molecule has 16 heavy (non-hydrogen) atoms. The summed E-state index contributed by atoms with van der Waals surface area (Å²) in [4.78, 5) is 2.50. The maximum atomic E-state index is 5.59. The van der Waals surface area contributed by atoms with Crippen LogP contribution < -0.4 is 5.73 Å². The molecule has 0 radical (unpaired) electrons. The maximum Gasteiger partial charge on any atom is 0.0764 e. The molecule has 1 saturated heterocycles. The number of hydrogen-bond donors (Lipinski definition) is 1. The Balaban J connectivity index is 1.77. The summed E-state index contributed by atoms with van der Waals surface area (Å²) in [5.74, 6) is 0.852. The van der Waals surface area contributed by atoms with Crippen LogP contribution in [-0.4, -0.2) is 34.3 Å². The lowest BCUT2D eigenvalue weighted by Crippen LogP contribution is -2.34. The summed E-state index contributed by atoms with van der Waals surface area (Å²) in [6, 6.07) is 2.10. The van der Waals surface area contributed by atoms with Crippen molar-refractivity contribution in [2.45, 2.75) is 25.8 Å². The van der Waals surface area contributed by atoms with Crippen LogP contribution in [0.3, 0.4) is 0 Å². The molecule has 4 heteroatoms. The predicted molar refractivity (Wildman–Crippen MR) is 64.9 cm³/mol. The molecule has 90 valence electrons. The van der Waals surface area contributed by atoms with Crippen molar-refractivity contribution >= 4 is 0 Å². The second kappa shape index (κ2) is 5.46. The zero-order valence-corrected chi connectivity index (χ0v) is 10.1. The maximum absolute atomic E-state index is 5.59. The number of hydrogen-bond acceptors (Lipinski definition) is 3. The Kier molecular flexibility index (Phi) is 3.96. The van der Waals surface area contributed by atoms with E-state index in [1.807, 2.05) is 17.9 Å². The van der Waals surface area contributed by atoms with Gasteiger partial charge in [-0.25, -0.2) is 0 Å². The van der Waals surface area contributed by atoms with Crippen molar-refractivity contribution in [2.24, 2.45) is 18.7 Å². The highest BCUT2D eigenvalue weighted by molar-refractivity contribution is 4.98.